The lowest BCUT2D eigenvalue weighted by atomic mass is 9.72. The number of benzene rings is 2. The molecule has 1 fully saturated rings. The van der Waals surface area contributed by atoms with E-state index in [1.807, 2.05) is 58.8 Å². The first kappa shape index (κ1) is 21.4. The highest BCUT2D eigenvalue weighted by Gasteiger charge is 2.54. The molecule has 2 aromatic carbocycles. The van der Waals surface area contributed by atoms with Crippen molar-refractivity contribution in [2.75, 3.05) is 20.1 Å². The molecule has 0 spiro atoms. The van der Waals surface area contributed by atoms with Crippen LogP contribution in [0.5, 0.6) is 0 Å². The molecule has 1 aromatic heterocycles. The average molecular weight is 459 g/mol. The Kier molecular flexibility index (Phi) is 5.50. The van der Waals surface area contributed by atoms with Gasteiger partial charge in [-0.05, 0) is 47.0 Å². The van der Waals surface area contributed by atoms with Crippen LogP contribution in [0.4, 0.5) is 0 Å². The van der Waals surface area contributed by atoms with Crippen LogP contribution in [-0.2, 0) is 10.3 Å². The Morgan fingerprint density at radius 3 is 2.39 bits per heavy atom. The first-order chi connectivity index (χ1) is 16.0. The standard InChI is InChI=1S/C26H26N4O2S/c1-29-24(32)26(28-25(29)27,21-10-5-9-19(17-21)18-7-3-2-4-8-18)20-12-14-30(15-13-20)23(31)22-11-6-16-33-22/h2-11,16-17,20H,12-15H2,1H3,(H2,27,28). The van der Waals surface area contributed by atoms with Crippen molar-refractivity contribution >= 4 is 29.1 Å². The fourth-order valence-electron chi connectivity index (χ4n) is 4.98. The Labute approximate surface area is 197 Å². The molecule has 0 bridgehead atoms. The molecule has 0 aliphatic carbocycles. The van der Waals surface area contributed by atoms with E-state index in [1.54, 1.807) is 7.05 Å². The zero-order valence-corrected chi connectivity index (χ0v) is 19.3. The zero-order valence-electron chi connectivity index (χ0n) is 18.5. The molecule has 2 aliphatic heterocycles. The number of carbonyl (C=O) groups excluding carboxylic acids is 2. The number of rotatable bonds is 4. The fraction of sp³-hybridized carbons (Fsp3) is 0.269. The second-order valence-corrected chi connectivity index (χ2v) is 9.54. The van der Waals surface area contributed by atoms with Crippen molar-refractivity contribution in [3.63, 3.8) is 0 Å². The largest absolute Gasteiger partial charge is 0.369 e. The number of likely N-dealkylation sites (N-methyl/N-ethyl adjacent to an activating group) is 1. The molecule has 1 unspecified atom stereocenters. The van der Waals surface area contributed by atoms with Crippen molar-refractivity contribution in [2.45, 2.75) is 18.4 Å². The van der Waals surface area contributed by atoms with Crippen LogP contribution in [0.25, 0.3) is 11.1 Å². The summed E-state index contributed by atoms with van der Waals surface area (Å²) in [5.74, 6) is 0.142. The third kappa shape index (κ3) is 3.62. The van der Waals surface area contributed by atoms with Crippen molar-refractivity contribution in [1.29, 1.82) is 0 Å². The van der Waals surface area contributed by atoms with E-state index in [0.29, 0.717) is 25.9 Å². The Balaban J connectivity index is 1.48. The van der Waals surface area contributed by atoms with Gasteiger partial charge in [0.25, 0.3) is 11.8 Å². The summed E-state index contributed by atoms with van der Waals surface area (Å²) < 4.78 is 0. The number of hydrogen-bond donors (Lipinski definition) is 1. The molecule has 3 aromatic rings. The third-order valence-electron chi connectivity index (χ3n) is 6.78. The minimum absolute atomic E-state index is 0.0492. The highest BCUT2D eigenvalue weighted by molar-refractivity contribution is 7.12. The smallest absolute Gasteiger partial charge is 0.263 e. The number of hydrogen-bond acceptors (Lipinski definition) is 5. The number of nitrogens with two attached hydrogens (primary N) is 1. The molecule has 2 N–H and O–H groups in total. The van der Waals surface area contributed by atoms with Crippen LogP contribution in [0.2, 0.25) is 0 Å². The molecule has 33 heavy (non-hydrogen) atoms. The summed E-state index contributed by atoms with van der Waals surface area (Å²) in [5, 5.41) is 1.92. The normalized spacial score (nSPS) is 21.4. The van der Waals surface area contributed by atoms with Gasteiger partial charge in [0.15, 0.2) is 11.5 Å². The predicted octanol–water partition coefficient (Wildman–Crippen LogP) is 3.95. The predicted molar refractivity (Wildman–Crippen MR) is 131 cm³/mol. The van der Waals surface area contributed by atoms with Gasteiger partial charge in [-0.3, -0.25) is 14.5 Å². The van der Waals surface area contributed by atoms with E-state index >= 15 is 0 Å². The number of guanidine groups is 1. The minimum Gasteiger partial charge on any atom is -0.369 e. The molecule has 5 rings (SSSR count). The molecule has 1 atom stereocenters. The summed E-state index contributed by atoms with van der Waals surface area (Å²) in [6.07, 6.45) is 1.37. The number of carbonyl (C=O) groups is 2. The van der Waals surface area contributed by atoms with E-state index in [2.05, 4.69) is 18.2 Å². The summed E-state index contributed by atoms with van der Waals surface area (Å²) in [6.45, 7) is 1.18. The summed E-state index contributed by atoms with van der Waals surface area (Å²) in [4.78, 5) is 35.3. The van der Waals surface area contributed by atoms with Gasteiger partial charge in [0.05, 0.1) is 4.88 Å². The van der Waals surface area contributed by atoms with Crippen LogP contribution in [0, 0.1) is 5.92 Å². The second kappa shape index (κ2) is 8.48. The molecule has 6 nitrogen and oxygen atoms in total. The SMILES string of the molecule is CN1C(=O)C(c2cccc(-c3ccccc3)c2)(C2CCN(C(=O)c3cccs3)CC2)N=C1N. The van der Waals surface area contributed by atoms with Gasteiger partial charge in [0, 0.05) is 26.1 Å². The number of nitrogens with zero attached hydrogens (tertiary/aromatic N) is 3. The lowest BCUT2D eigenvalue weighted by Gasteiger charge is -2.40. The summed E-state index contributed by atoms with van der Waals surface area (Å²) in [7, 11) is 1.68. The van der Waals surface area contributed by atoms with E-state index in [-0.39, 0.29) is 23.7 Å². The summed E-state index contributed by atoms with van der Waals surface area (Å²) in [5.41, 5.74) is 8.07. The van der Waals surface area contributed by atoms with Gasteiger partial charge in [-0.15, -0.1) is 11.3 Å². The lowest BCUT2D eigenvalue weighted by molar-refractivity contribution is -0.133. The minimum atomic E-state index is -1.07. The molecule has 168 valence electrons. The Hall–Kier alpha value is -3.45. The van der Waals surface area contributed by atoms with E-state index in [4.69, 9.17) is 10.7 Å². The first-order valence-corrected chi connectivity index (χ1v) is 12.0. The molecule has 2 amide bonds. The number of thiophene rings is 1. The van der Waals surface area contributed by atoms with Crippen LogP contribution in [0.1, 0.15) is 28.1 Å². The molecule has 7 heteroatoms. The van der Waals surface area contributed by atoms with Crippen molar-refractivity contribution in [3.05, 3.63) is 82.6 Å². The molecule has 3 heterocycles. The van der Waals surface area contributed by atoms with Gasteiger partial charge < -0.3 is 10.6 Å². The van der Waals surface area contributed by atoms with E-state index in [1.165, 1.54) is 16.2 Å². The van der Waals surface area contributed by atoms with Crippen molar-refractivity contribution in [3.8, 4) is 11.1 Å². The third-order valence-corrected chi connectivity index (χ3v) is 7.64. The molecule has 0 saturated carbocycles. The molecular weight excluding hydrogens is 432 g/mol. The molecular formula is C26H26N4O2S. The Morgan fingerprint density at radius 2 is 1.76 bits per heavy atom. The second-order valence-electron chi connectivity index (χ2n) is 8.59. The maximum Gasteiger partial charge on any atom is 0.263 e. The summed E-state index contributed by atoms with van der Waals surface area (Å²) in [6, 6.07) is 21.9. The molecule has 2 aliphatic rings. The monoisotopic (exact) mass is 458 g/mol. The highest BCUT2D eigenvalue weighted by Crippen LogP contribution is 2.45. The van der Waals surface area contributed by atoms with Gasteiger partial charge >= 0.3 is 0 Å². The van der Waals surface area contributed by atoms with E-state index < -0.39 is 5.54 Å². The summed E-state index contributed by atoms with van der Waals surface area (Å²) >= 11 is 1.46. The zero-order chi connectivity index (χ0) is 23.0. The van der Waals surface area contributed by atoms with Crippen LogP contribution < -0.4 is 5.73 Å². The van der Waals surface area contributed by atoms with Crippen molar-refractivity contribution in [1.82, 2.24) is 9.80 Å². The van der Waals surface area contributed by atoms with Gasteiger partial charge in [0.1, 0.15) is 0 Å². The van der Waals surface area contributed by atoms with E-state index in [9.17, 15) is 9.59 Å². The van der Waals surface area contributed by atoms with Crippen LogP contribution in [0.15, 0.2) is 77.1 Å². The number of likely N-dealkylation sites (tertiary alicyclic amines) is 1. The van der Waals surface area contributed by atoms with Crippen LogP contribution >= 0.6 is 11.3 Å². The maximum absolute atomic E-state index is 13.6. The molecule has 1 saturated heterocycles. The molecule has 0 radical (unpaired) electrons. The van der Waals surface area contributed by atoms with Crippen molar-refractivity contribution < 1.29 is 9.59 Å². The van der Waals surface area contributed by atoms with Gasteiger partial charge in [-0.1, -0.05) is 54.6 Å². The van der Waals surface area contributed by atoms with Crippen LogP contribution in [-0.4, -0.2) is 47.7 Å². The number of aliphatic imine (C=N–C) groups is 1. The van der Waals surface area contributed by atoms with Gasteiger partial charge in [-0.25, -0.2) is 4.99 Å². The Morgan fingerprint density at radius 1 is 1.03 bits per heavy atom. The van der Waals surface area contributed by atoms with Crippen molar-refractivity contribution in [2.24, 2.45) is 16.6 Å². The first-order valence-electron chi connectivity index (χ1n) is 11.1. The topological polar surface area (TPSA) is 79.0 Å². The maximum atomic E-state index is 13.6. The fourth-order valence-corrected chi connectivity index (χ4v) is 5.67. The van der Waals surface area contributed by atoms with Gasteiger partial charge in [-0.2, -0.15) is 0 Å². The Bertz CT molecular complexity index is 1200. The van der Waals surface area contributed by atoms with Crippen LogP contribution in [0.3, 0.4) is 0 Å². The van der Waals surface area contributed by atoms with E-state index in [0.717, 1.165) is 21.6 Å². The highest BCUT2D eigenvalue weighted by atomic mass is 32.1. The van der Waals surface area contributed by atoms with Gasteiger partial charge in [0.2, 0.25) is 0 Å². The lowest BCUT2D eigenvalue weighted by Crippen LogP contribution is -2.49. The number of piperidine rings is 1. The average Bonchev–Trinajstić information content (AvgIpc) is 3.48. The number of amides is 2. The quantitative estimate of drug-likeness (QED) is 0.643.